The summed E-state index contributed by atoms with van der Waals surface area (Å²) in [4.78, 5) is 17.7. The maximum absolute atomic E-state index is 12.1. The number of H-pyrrole nitrogens is 1. The van der Waals surface area contributed by atoms with Crippen LogP contribution < -0.4 is 16.8 Å². The highest BCUT2D eigenvalue weighted by Crippen LogP contribution is 2.49. The number of hydrogen-bond donors (Lipinski definition) is 4. The van der Waals surface area contributed by atoms with E-state index in [9.17, 15) is 10.1 Å². The van der Waals surface area contributed by atoms with Crippen LogP contribution in [0, 0.1) is 17.2 Å². The Hall–Kier alpha value is -4.42. The molecule has 3 aliphatic rings. The van der Waals surface area contributed by atoms with Crippen LogP contribution in [0.3, 0.4) is 0 Å². The van der Waals surface area contributed by atoms with E-state index >= 15 is 0 Å². The van der Waals surface area contributed by atoms with E-state index in [4.69, 9.17) is 11.5 Å². The Labute approximate surface area is 240 Å². The van der Waals surface area contributed by atoms with Crippen LogP contribution in [-0.4, -0.2) is 50.7 Å². The zero-order valence-electron chi connectivity index (χ0n) is 23.4. The number of fused-ring (bicyclic) bond motifs is 3. The largest absolute Gasteiger partial charge is 0.399 e. The average molecular weight is 549 g/mol. The highest BCUT2D eigenvalue weighted by atomic mass is 16.1. The number of hydrogen-bond acceptors (Lipinski definition) is 7. The van der Waals surface area contributed by atoms with Gasteiger partial charge in [-0.1, -0.05) is 31.4 Å². The number of aromatic amines is 1. The molecule has 1 aliphatic heterocycles. The van der Waals surface area contributed by atoms with Gasteiger partial charge in [0, 0.05) is 35.6 Å². The van der Waals surface area contributed by atoms with Gasteiger partial charge in [0.15, 0.2) is 0 Å². The molecule has 1 aromatic heterocycles. The maximum Gasteiger partial charge on any atom is 0.248 e. The van der Waals surface area contributed by atoms with E-state index in [1.54, 1.807) is 12.4 Å². The molecule has 0 bridgehead atoms. The smallest absolute Gasteiger partial charge is 0.248 e. The van der Waals surface area contributed by atoms with E-state index in [0.717, 1.165) is 65.0 Å². The van der Waals surface area contributed by atoms with Crippen LogP contribution in [0.5, 0.6) is 0 Å². The molecular weight excluding hydrogens is 512 g/mol. The summed E-state index contributed by atoms with van der Waals surface area (Å²) in [6, 6.07) is 14.8. The molecule has 0 radical (unpaired) electrons. The second kappa shape index (κ2) is 10.2. The first-order valence-electron chi connectivity index (χ1n) is 14.2. The number of nitrogens with zero attached hydrogens (tertiary/aromatic N) is 4. The number of nitrogens with two attached hydrogens (primary N) is 2. The quantitative estimate of drug-likeness (QED) is 0.321. The monoisotopic (exact) mass is 548 g/mol. The molecule has 0 spiro atoms. The molecule has 2 heterocycles. The Morgan fingerprint density at radius 2 is 1.85 bits per heavy atom. The first-order chi connectivity index (χ1) is 19.7. The summed E-state index contributed by atoms with van der Waals surface area (Å²) in [6.45, 7) is 11.1. The molecule has 2 unspecified atom stereocenters. The normalized spacial score (nSPS) is 24.8. The predicted octanol–water partition coefficient (Wildman–Crippen LogP) is 3.13. The number of carbonyl (C=O) groups is 1. The number of likely N-dealkylation sites (tertiary alicyclic amines) is 1. The van der Waals surface area contributed by atoms with Gasteiger partial charge in [-0.25, -0.2) is 0 Å². The van der Waals surface area contributed by atoms with E-state index in [-0.39, 0.29) is 12.1 Å². The number of amides is 1. The van der Waals surface area contributed by atoms with Crippen molar-refractivity contribution >= 4 is 11.6 Å². The Kier molecular flexibility index (Phi) is 6.66. The summed E-state index contributed by atoms with van der Waals surface area (Å²) in [5.74, 6) is 0.901. The van der Waals surface area contributed by atoms with Crippen LogP contribution in [0.25, 0.3) is 5.70 Å². The molecule has 1 saturated carbocycles. The summed E-state index contributed by atoms with van der Waals surface area (Å²) in [6.07, 6.45) is 5.83. The molecule has 6 N–H and O–H groups in total. The van der Waals surface area contributed by atoms with E-state index in [0.29, 0.717) is 36.2 Å². The zero-order valence-corrected chi connectivity index (χ0v) is 23.4. The first-order valence-corrected chi connectivity index (χ1v) is 14.2. The maximum atomic E-state index is 12.1. The molecule has 3 aromatic rings. The van der Waals surface area contributed by atoms with Gasteiger partial charge in [-0.2, -0.15) is 5.26 Å². The van der Waals surface area contributed by atoms with Crippen LogP contribution in [0.1, 0.15) is 70.2 Å². The minimum absolute atomic E-state index is 0.0220. The molecular formula is C32H36N8O. The van der Waals surface area contributed by atoms with Crippen molar-refractivity contribution in [3.8, 4) is 6.07 Å². The van der Waals surface area contributed by atoms with E-state index in [2.05, 4.69) is 63.7 Å². The van der Waals surface area contributed by atoms with Crippen molar-refractivity contribution in [2.24, 2.45) is 17.4 Å². The zero-order chi connectivity index (χ0) is 28.9. The Balaban J connectivity index is 1.40. The fourth-order valence-corrected chi connectivity index (χ4v) is 7.13. The topological polar surface area (TPSA) is 150 Å². The van der Waals surface area contributed by atoms with Gasteiger partial charge in [0.05, 0.1) is 11.5 Å². The standard InChI is InChI=1S/C32H36N8O/c1-18(36-16-19(2)40-26(15-33)12-25-13-29(25)40)14-32(31-37-17-38-39-31)27-8-6-21(20(3)34)10-22(27)4-5-23-11-24(30(35)41)7-9-28(23)32/h6-11,17-18,25-26,29,36H,2-5,12-14,16,34H2,1H3,(H2,35,41)(H,37,38,39)/t18-,25-,26?,29+,32?/m1/s1. The van der Waals surface area contributed by atoms with E-state index < -0.39 is 11.3 Å². The SMILES string of the molecule is C=C(N)c1ccc2c(c1)CCc1cc(C(N)=O)ccc1C2(C[C@@H](C)NCC(=C)N1C(C#N)C[C@@H]2C[C@@H]21)c1nnc[nH]1. The molecule has 9 heteroatoms. The molecule has 2 aromatic carbocycles. The lowest BCUT2D eigenvalue weighted by Crippen LogP contribution is -2.42. The van der Waals surface area contributed by atoms with Crippen molar-refractivity contribution in [3.63, 3.8) is 0 Å². The third kappa shape index (κ3) is 4.58. The molecule has 41 heavy (non-hydrogen) atoms. The third-order valence-corrected chi connectivity index (χ3v) is 9.16. The van der Waals surface area contributed by atoms with Crippen LogP contribution in [0.2, 0.25) is 0 Å². The first kappa shape index (κ1) is 26.8. The van der Waals surface area contributed by atoms with Crippen molar-refractivity contribution in [1.29, 1.82) is 5.26 Å². The second-order valence-electron chi connectivity index (χ2n) is 11.8. The van der Waals surface area contributed by atoms with Crippen molar-refractivity contribution in [1.82, 2.24) is 25.4 Å². The minimum Gasteiger partial charge on any atom is -0.399 e. The summed E-state index contributed by atoms with van der Waals surface area (Å²) in [5.41, 5.74) is 18.3. The van der Waals surface area contributed by atoms with E-state index in [1.807, 2.05) is 18.2 Å². The highest BCUT2D eigenvalue weighted by Gasteiger charge is 2.52. The Bertz CT molecular complexity index is 1500. The lowest BCUT2D eigenvalue weighted by atomic mass is 9.67. The van der Waals surface area contributed by atoms with Gasteiger partial charge >= 0.3 is 0 Å². The summed E-state index contributed by atoms with van der Waals surface area (Å²) >= 11 is 0. The number of carbonyl (C=O) groups excluding carboxylic acids is 1. The molecule has 9 nitrogen and oxygen atoms in total. The number of rotatable bonds is 9. The number of primary amides is 1. The lowest BCUT2D eigenvalue weighted by Gasteiger charge is -2.37. The van der Waals surface area contributed by atoms with Crippen LogP contribution in [0.15, 0.2) is 61.6 Å². The summed E-state index contributed by atoms with van der Waals surface area (Å²) < 4.78 is 0. The molecule has 210 valence electrons. The van der Waals surface area contributed by atoms with Crippen molar-refractivity contribution in [2.45, 2.75) is 62.6 Å². The highest BCUT2D eigenvalue weighted by molar-refractivity contribution is 5.93. The molecule has 2 fully saturated rings. The van der Waals surface area contributed by atoms with Crippen molar-refractivity contribution < 1.29 is 4.79 Å². The number of benzene rings is 2. The Morgan fingerprint density at radius 1 is 1.17 bits per heavy atom. The fourth-order valence-electron chi connectivity index (χ4n) is 7.13. The van der Waals surface area contributed by atoms with Gasteiger partial charge in [0.1, 0.15) is 18.2 Å². The predicted molar refractivity (Wildman–Crippen MR) is 157 cm³/mol. The molecule has 1 saturated heterocycles. The van der Waals surface area contributed by atoms with Gasteiger partial charge in [-0.15, -0.1) is 10.2 Å². The third-order valence-electron chi connectivity index (χ3n) is 9.16. The number of nitrogens with one attached hydrogen (secondary N) is 2. The molecule has 1 amide bonds. The van der Waals surface area contributed by atoms with Crippen LogP contribution in [-0.2, 0) is 18.3 Å². The average Bonchev–Trinajstić information content (AvgIpc) is 3.35. The van der Waals surface area contributed by atoms with Gasteiger partial charge in [-0.3, -0.25) is 4.79 Å². The number of aryl methyl sites for hydroxylation is 2. The van der Waals surface area contributed by atoms with Gasteiger partial charge in [0.25, 0.3) is 0 Å². The van der Waals surface area contributed by atoms with Crippen molar-refractivity contribution in [3.05, 3.63) is 101 Å². The van der Waals surface area contributed by atoms with E-state index in [1.165, 1.54) is 0 Å². The van der Waals surface area contributed by atoms with Crippen molar-refractivity contribution in [2.75, 3.05) is 6.54 Å². The summed E-state index contributed by atoms with van der Waals surface area (Å²) in [5, 5.41) is 22.1. The number of piperidine rings is 1. The van der Waals surface area contributed by atoms with Gasteiger partial charge < -0.3 is 26.7 Å². The van der Waals surface area contributed by atoms with Gasteiger partial charge in [0.2, 0.25) is 5.91 Å². The molecule has 6 rings (SSSR count). The van der Waals surface area contributed by atoms with Crippen LogP contribution in [0.4, 0.5) is 0 Å². The van der Waals surface area contributed by atoms with Gasteiger partial charge in [-0.05, 0) is 91.0 Å². The van der Waals surface area contributed by atoms with Crippen LogP contribution >= 0.6 is 0 Å². The fraction of sp³-hybridized carbons (Fsp3) is 0.375. The number of nitriles is 1. The Morgan fingerprint density at radius 3 is 2.46 bits per heavy atom. The molecule has 5 atom stereocenters. The molecule has 2 aliphatic carbocycles. The lowest BCUT2D eigenvalue weighted by molar-refractivity contribution is 0.1000. The minimum atomic E-state index is -0.694. The number of aromatic nitrogens is 3. The summed E-state index contributed by atoms with van der Waals surface area (Å²) in [7, 11) is 0. The second-order valence-corrected chi connectivity index (χ2v) is 11.8.